The fraction of sp³-hybridized carbons (Fsp3) is 0.105. The molecule has 0 amide bonds. The number of nitrogens with zero attached hydrogens (tertiary/aromatic N) is 2. The number of carbonyl (C=O) groups excluding carboxylic acids is 1. The van der Waals surface area contributed by atoms with E-state index in [4.69, 9.17) is 20.8 Å². The van der Waals surface area contributed by atoms with E-state index in [1.807, 2.05) is 24.3 Å². The Labute approximate surface area is 173 Å². The number of carbonyl (C=O) groups is 1. The van der Waals surface area contributed by atoms with Crippen LogP contribution in [-0.2, 0) is 4.74 Å². The molecule has 0 saturated heterocycles. The van der Waals surface area contributed by atoms with Crippen molar-refractivity contribution in [3.8, 4) is 23.3 Å². The van der Waals surface area contributed by atoms with Crippen molar-refractivity contribution in [1.29, 1.82) is 0 Å². The summed E-state index contributed by atoms with van der Waals surface area (Å²) < 4.78 is 11.6. The Bertz CT molecular complexity index is 979. The number of rotatable bonds is 5. The van der Waals surface area contributed by atoms with Gasteiger partial charge in [0.15, 0.2) is 6.61 Å². The average Bonchev–Trinajstić information content (AvgIpc) is 3.14. The molecular formula is C19H12BrClN2O3S. The fourth-order valence-corrected chi connectivity index (χ4v) is 2.87. The Kier molecular flexibility index (Phi) is 6.93. The van der Waals surface area contributed by atoms with Gasteiger partial charge in [0, 0.05) is 15.1 Å². The maximum absolute atomic E-state index is 11.8. The van der Waals surface area contributed by atoms with Gasteiger partial charge >= 0.3 is 5.97 Å². The largest absolute Gasteiger partial charge is 0.449 e. The van der Waals surface area contributed by atoms with Gasteiger partial charge in [0.2, 0.25) is 5.89 Å². The van der Waals surface area contributed by atoms with Crippen molar-refractivity contribution >= 4 is 45.3 Å². The summed E-state index contributed by atoms with van der Waals surface area (Å²) in [5.74, 6) is 6.12. The summed E-state index contributed by atoms with van der Waals surface area (Å²) in [7, 11) is 0. The molecule has 136 valence electrons. The number of ether oxygens (including phenoxy) is 1. The normalized spacial score (nSPS) is 10.1. The zero-order valence-corrected chi connectivity index (χ0v) is 17.0. The van der Waals surface area contributed by atoms with Crippen molar-refractivity contribution in [2.45, 2.75) is 5.22 Å². The molecule has 1 heterocycles. The molecule has 0 atom stereocenters. The molecule has 0 aliphatic rings. The van der Waals surface area contributed by atoms with E-state index in [-0.39, 0.29) is 6.61 Å². The number of hydrogen-bond donors (Lipinski definition) is 0. The number of hydrogen-bond acceptors (Lipinski definition) is 6. The highest BCUT2D eigenvalue weighted by Gasteiger charge is 2.08. The third kappa shape index (κ3) is 5.86. The van der Waals surface area contributed by atoms with Gasteiger partial charge in [-0.05, 0) is 48.5 Å². The minimum Gasteiger partial charge on any atom is -0.449 e. The van der Waals surface area contributed by atoms with Crippen molar-refractivity contribution in [3.05, 3.63) is 63.6 Å². The molecule has 0 spiro atoms. The molecule has 2 aromatic carbocycles. The van der Waals surface area contributed by atoms with Crippen LogP contribution in [0.1, 0.15) is 10.4 Å². The Morgan fingerprint density at radius 3 is 2.59 bits per heavy atom. The number of aromatic nitrogens is 2. The predicted molar refractivity (Wildman–Crippen MR) is 108 cm³/mol. The van der Waals surface area contributed by atoms with Crippen LogP contribution in [0, 0.1) is 11.8 Å². The van der Waals surface area contributed by atoms with E-state index in [0.29, 0.717) is 27.5 Å². The highest BCUT2D eigenvalue weighted by molar-refractivity contribution is 9.10. The smallest absolute Gasteiger partial charge is 0.339 e. The van der Waals surface area contributed by atoms with Crippen molar-refractivity contribution in [2.75, 3.05) is 12.4 Å². The second kappa shape index (κ2) is 9.60. The van der Waals surface area contributed by atoms with Crippen molar-refractivity contribution in [2.24, 2.45) is 0 Å². The molecule has 0 aliphatic heterocycles. The lowest BCUT2D eigenvalue weighted by Gasteiger charge is -2.00. The zero-order chi connectivity index (χ0) is 19.1. The monoisotopic (exact) mass is 462 g/mol. The third-order valence-electron chi connectivity index (χ3n) is 3.25. The number of thioether (sulfide) groups is 1. The fourth-order valence-electron chi connectivity index (χ4n) is 1.95. The van der Waals surface area contributed by atoms with E-state index < -0.39 is 5.97 Å². The van der Waals surface area contributed by atoms with Crippen molar-refractivity contribution in [3.63, 3.8) is 0 Å². The maximum atomic E-state index is 11.8. The predicted octanol–water partition coefficient (Wildman–Crippen LogP) is 5.11. The van der Waals surface area contributed by atoms with Gasteiger partial charge in [-0.3, -0.25) is 0 Å². The van der Waals surface area contributed by atoms with Gasteiger partial charge in [0.05, 0.1) is 11.3 Å². The highest BCUT2D eigenvalue weighted by atomic mass is 79.9. The summed E-state index contributed by atoms with van der Waals surface area (Å²) in [4.78, 5) is 11.8. The molecule has 5 nitrogen and oxygen atoms in total. The molecule has 27 heavy (non-hydrogen) atoms. The van der Waals surface area contributed by atoms with Gasteiger partial charge in [-0.1, -0.05) is 51.1 Å². The van der Waals surface area contributed by atoms with Gasteiger partial charge < -0.3 is 9.15 Å². The number of benzene rings is 2. The molecule has 1 aromatic heterocycles. The standard InChI is InChI=1S/C19H12BrClN2O3S/c20-15-7-3-13(4-8-15)17-22-23-19(26-17)27-12-2-1-11-25-18(24)14-5-9-16(21)10-6-14/h3-10H,11-12H2. The quantitative estimate of drug-likeness (QED) is 0.298. The number of halogens is 2. The first-order chi connectivity index (χ1) is 13.1. The topological polar surface area (TPSA) is 65.2 Å². The van der Waals surface area contributed by atoms with E-state index in [1.165, 1.54) is 11.8 Å². The van der Waals surface area contributed by atoms with Gasteiger partial charge in [0.25, 0.3) is 5.22 Å². The molecule has 3 aromatic rings. The lowest BCUT2D eigenvalue weighted by molar-refractivity contribution is 0.0556. The van der Waals surface area contributed by atoms with Crippen LogP contribution in [0.4, 0.5) is 0 Å². The Hall–Kier alpha value is -2.27. The Balaban J connectivity index is 1.43. The van der Waals surface area contributed by atoms with Crippen LogP contribution in [0.15, 0.2) is 62.6 Å². The molecule has 8 heteroatoms. The van der Waals surface area contributed by atoms with Crippen LogP contribution in [0.2, 0.25) is 5.02 Å². The summed E-state index contributed by atoms with van der Waals surface area (Å²) >= 11 is 10.5. The van der Waals surface area contributed by atoms with Crippen LogP contribution in [0.25, 0.3) is 11.5 Å². The summed E-state index contributed by atoms with van der Waals surface area (Å²) in [5.41, 5.74) is 1.28. The molecule has 3 rings (SSSR count). The summed E-state index contributed by atoms with van der Waals surface area (Å²) in [6, 6.07) is 14.1. The third-order valence-corrected chi connectivity index (χ3v) is 4.73. The molecular weight excluding hydrogens is 452 g/mol. The molecule has 0 radical (unpaired) electrons. The number of esters is 1. The van der Waals surface area contributed by atoms with Crippen LogP contribution in [-0.4, -0.2) is 28.5 Å². The molecule has 0 bridgehead atoms. The van der Waals surface area contributed by atoms with Crippen molar-refractivity contribution < 1.29 is 13.9 Å². The maximum Gasteiger partial charge on any atom is 0.339 e. The van der Waals surface area contributed by atoms with Crippen LogP contribution in [0.3, 0.4) is 0 Å². The van der Waals surface area contributed by atoms with Crippen molar-refractivity contribution in [1.82, 2.24) is 10.2 Å². The SMILES string of the molecule is O=C(OCC#CCSc1nnc(-c2ccc(Br)cc2)o1)c1ccc(Cl)cc1. The van der Waals surface area contributed by atoms with E-state index in [0.717, 1.165) is 10.0 Å². The summed E-state index contributed by atoms with van der Waals surface area (Å²) in [6.45, 7) is 0.00992. The van der Waals surface area contributed by atoms with Crippen LogP contribution < -0.4 is 0 Å². The minimum atomic E-state index is -0.440. The Morgan fingerprint density at radius 2 is 1.85 bits per heavy atom. The second-order valence-electron chi connectivity index (χ2n) is 5.11. The Morgan fingerprint density at radius 1 is 1.11 bits per heavy atom. The van der Waals surface area contributed by atoms with E-state index in [1.54, 1.807) is 24.3 Å². The first-order valence-electron chi connectivity index (χ1n) is 7.72. The summed E-state index contributed by atoms with van der Waals surface area (Å²) in [6.07, 6.45) is 0. The van der Waals surface area contributed by atoms with Gasteiger partial charge in [-0.15, -0.1) is 10.2 Å². The van der Waals surface area contributed by atoms with Gasteiger partial charge in [-0.25, -0.2) is 4.79 Å². The highest BCUT2D eigenvalue weighted by Crippen LogP contribution is 2.24. The van der Waals surface area contributed by atoms with Gasteiger partial charge in [0.1, 0.15) is 0 Å². The molecule has 0 N–H and O–H groups in total. The minimum absolute atomic E-state index is 0.00992. The molecule has 0 saturated carbocycles. The zero-order valence-electron chi connectivity index (χ0n) is 13.8. The average molecular weight is 464 g/mol. The molecule has 0 fully saturated rings. The second-order valence-corrected chi connectivity index (χ2v) is 7.38. The van der Waals surface area contributed by atoms with E-state index in [2.05, 4.69) is 38.0 Å². The molecule has 0 aliphatic carbocycles. The summed E-state index contributed by atoms with van der Waals surface area (Å²) in [5, 5.41) is 8.99. The lowest BCUT2D eigenvalue weighted by atomic mass is 10.2. The van der Waals surface area contributed by atoms with Gasteiger partial charge in [-0.2, -0.15) is 0 Å². The van der Waals surface area contributed by atoms with E-state index in [9.17, 15) is 4.79 Å². The van der Waals surface area contributed by atoms with Crippen LogP contribution >= 0.6 is 39.3 Å². The van der Waals surface area contributed by atoms with Crippen LogP contribution in [0.5, 0.6) is 0 Å². The first-order valence-corrected chi connectivity index (χ1v) is 9.88. The van der Waals surface area contributed by atoms with E-state index >= 15 is 0 Å². The lowest BCUT2D eigenvalue weighted by Crippen LogP contribution is -2.04. The first kappa shape index (κ1) is 19.5. The molecule has 0 unspecified atom stereocenters.